The first-order valence-electron chi connectivity index (χ1n) is 5.99. The van der Waals surface area contributed by atoms with Crippen molar-refractivity contribution in [3.63, 3.8) is 0 Å². The minimum absolute atomic E-state index is 0.0687. The molecule has 0 fully saturated rings. The molecule has 8 heteroatoms. The lowest BCUT2D eigenvalue weighted by molar-refractivity contribution is 0.523. The van der Waals surface area contributed by atoms with Crippen LogP contribution in [0.4, 0.5) is 8.78 Å². The van der Waals surface area contributed by atoms with Crippen LogP contribution in [0.5, 0.6) is 0 Å². The molecule has 1 atom stereocenters. The van der Waals surface area contributed by atoms with Crippen molar-refractivity contribution >= 4 is 37.3 Å². The van der Waals surface area contributed by atoms with Crippen molar-refractivity contribution in [2.24, 2.45) is 0 Å². The second-order valence-electron chi connectivity index (χ2n) is 4.48. The highest BCUT2D eigenvalue weighted by molar-refractivity contribution is 9.10. The molecular weight excluding hydrogens is 384 g/mol. The van der Waals surface area contributed by atoms with E-state index in [-0.39, 0.29) is 16.2 Å². The molecule has 3 nitrogen and oxygen atoms in total. The van der Waals surface area contributed by atoms with Crippen LogP contribution in [0.25, 0.3) is 0 Å². The van der Waals surface area contributed by atoms with Gasteiger partial charge in [0.05, 0.1) is 0 Å². The van der Waals surface area contributed by atoms with Crippen LogP contribution < -0.4 is 4.72 Å². The number of nitrogens with one attached hydrogen (secondary N) is 1. The number of hydrogen-bond acceptors (Lipinski definition) is 3. The van der Waals surface area contributed by atoms with E-state index in [4.69, 9.17) is 0 Å². The molecular formula is C13H12BrF2NO2S2. The molecule has 2 rings (SSSR count). The van der Waals surface area contributed by atoms with Crippen LogP contribution in [-0.2, 0) is 16.4 Å². The number of hydrogen-bond donors (Lipinski definition) is 1. The zero-order valence-corrected chi connectivity index (χ0v) is 14.2. The number of halogens is 3. The summed E-state index contributed by atoms with van der Waals surface area (Å²) in [6.07, 6.45) is -0.0687. The van der Waals surface area contributed by atoms with E-state index in [2.05, 4.69) is 20.7 Å². The second-order valence-corrected chi connectivity index (χ2v) is 8.16. The second kappa shape index (κ2) is 6.51. The molecule has 21 heavy (non-hydrogen) atoms. The smallest absolute Gasteiger partial charge is 0.207 e. The van der Waals surface area contributed by atoms with E-state index < -0.39 is 27.7 Å². The zero-order valence-electron chi connectivity index (χ0n) is 10.9. The summed E-state index contributed by atoms with van der Waals surface area (Å²) in [5, 5.41) is 1.64. The van der Waals surface area contributed by atoms with Crippen molar-refractivity contribution in [3.8, 4) is 0 Å². The Morgan fingerprint density at radius 3 is 2.43 bits per heavy atom. The molecule has 114 valence electrons. The average Bonchev–Trinajstić information content (AvgIpc) is 2.80. The number of thiophene rings is 1. The van der Waals surface area contributed by atoms with Gasteiger partial charge in [0.2, 0.25) is 0 Å². The van der Waals surface area contributed by atoms with Crippen LogP contribution in [-0.4, -0.2) is 14.5 Å². The molecule has 1 aromatic heterocycles. The first kappa shape index (κ1) is 16.5. The third-order valence-corrected chi connectivity index (χ3v) is 7.02. The highest BCUT2D eigenvalue weighted by atomic mass is 79.9. The monoisotopic (exact) mass is 395 g/mol. The summed E-state index contributed by atoms with van der Waals surface area (Å²) in [5.74, 6) is -1.36. The SMILES string of the molecule is CC(Cc1c(F)cccc1F)NS(=O)(=O)c1sccc1Br. The molecule has 0 amide bonds. The number of rotatable bonds is 5. The van der Waals surface area contributed by atoms with E-state index in [1.807, 2.05) is 0 Å². The Kier molecular flexibility index (Phi) is 5.13. The topological polar surface area (TPSA) is 46.2 Å². The molecule has 0 bridgehead atoms. The summed E-state index contributed by atoms with van der Waals surface area (Å²) in [6.45, 7) is 1.56. The van der Waals surface area contributed by atoms with Gasteiger partial charge in [-0.1, -0.05) is 6.07 Å². The lowest BCUT2D eigenvalue weighted by atomic mass is 10.1. The van der Waals surface area contributed by atoms with Crippen molar-refractivity contribution in [1.29, 1.82) is 0 Å². The molecule has 0 spiro atoms. The Hall–Kier alpha value is -0.830. The van der Waals surface area contributed by atoms with Crippen molar-refractivity contribution in [2.45, 2.75) is 23.6 Å². The largest absolute Gasteiger partial charge is 0.251 e. The van der Waals surface area contributed by atoms with Crippen LogP contribution in [0.3, 0.4) is 0 Å². The predicted molar refractivity (Wildman–Crippen MR) is 81.9 cm³/mol. The normalized spacial score (nSPS) is 13.3. The van der Waals surface area contributed by atoms with Gasteiger partial charge in [0.25, 0.3) is 10.0 Å². The van der Waals surface area contributed by atoms with E-state index in [1.54, 1.807) is 18.4 Å². The molecule has 0 saturated carbocycles. The number of sulfonamides is 1. The van der Waals surface area contributed by atoms with E-state index in [1.165, 1.54) is 6.07 Å². The van der Waals surface area contributed by atoms with Gasteiger partial charge >= 0.3 is 0 Å². The van der Waals surface area contributed by atoms with Gasteiger partial charge in [0, 0.05) is 16.1 Å². The Labute approximate surface area is 134 Å². The molecule has 0 radical (unpaired) electrons. The minimum atomic E-state index is -3.72. The van der Waals surface area contributed by atoms with Crippen LogP contribution in [0.1, 0.15) is 12.5 Å². The molecule has 1 aromatic carbocycles. The van der Waals surface area contributed by atoms with E-state index in [0.717, 1.165) is 23.5 Å². The van der Waals surface area contributed by atoms with Crippen LogP contribution in [0.15, 0.2) is 38.3 Å². The summed E-state index contributed by atoms with van der Waals surface area (Å²) in [7, 11) is -3.72. The van der Waals surface area contributed by atoms with Crippen molar-refractivity contribution in [3.05, 3.63) is 51.3 Å². The van der Waals surface area contributed by atoms with Gasteiger partial charge in [-0.2, -0.15) is 0 Å². The summed E-state index contributed by atoms with van der Waals surface area (Å²) in [4.78, 5) is 0. The minimum Gasteiger partial charge on any atom is -0.207 e. The Balaban J connectivity index is 2.16. The lowest BCUT2D eigenvalue weighted by Gasteiger charge is -2.14. The molecule has 0 aliphatic rings. The Bertz CT molecular complexity index is 726. The predicted octanol–water partition coefficient (Wildman–Crippen LogP) is 3.70. The third kappa shape index (κ3) is 3.88. The van der Waals surface area contributed by atoms with Gasteiger partial charge in [-0.25, -0.2) is 21.9 Å². The van der Waals surface area contributed by atoms with Gasteiger partial charge in [-0.05, 0) is 52.9 Å². The van der Waals surface area contributed by atoms with Crippen molar-refractivity contribution in [1.82, 2.24) is 4.72 Å². The molecule has 1 N–H and O–H groups in total. The molecule has 0 saturated heterocycles. The van der Waals surface area contributed by atoms with Gasteiger partial charge in [0.1, 0.15) is 15.8 Å². The van der Waals surface area contributed by atoms with Gasteiger partial charge in [0.15, 0.2) is 0 Å². The Morgan fingerprint density at radius 2 is 1.90 bits per heavy atom. The lowest BCUT2D eigenvalue weighted by Crippen LogP contribution is -2.34. The van der Waals surface area contributed by atoms with Crippen LogP contribution in [0, 0.1) is 11.6 Å². The quantitative estimate of drug-likeness (QED) is 0.838. The first-order valence-corrected chi connectivity index (χ1v) is 9.15. The average molecular weight is 396 g/mol. The fraction of sp³-hybridized carbons (Fsp3) is 0.231. The van der Waals surface area contributed by atoms with Gasteiger partial charge in [-0.15, -0.1) is 11.3 Å². The fourth-order valence-corrected chi connectivity index (χ4v) is 5.46. The van der Waals surface area contributed by atoms with Crippen molar-refractivity contribution < 1.29 is 17.2 Å². The molecule has 1 heterocycles. The van der Waals surface area contributed by atoms with Gasteiger partial charge in [-0.3, -0.25) is 0 Å². The van der Waals surface area contributed by atoms with E-state index in [9.17, 15) is 17.2 Å². The third-order valence-electron chi connectivity index (χ3n) is 2.76. The molecule has 0 aliphatic carbocycles. The maximum atomic E-state index is 13.6. The molecule has 0 aliphatic heterocycles. The van der Waals surface area contributed by atoms with E-state index in [0.29, 0.717) is 4.47 Å². The standard InChI is InChI=1S/C13H12BrF2NO2S2/c1-8(7-9-11(15)3-2-4-12(9)16)17-21(18,19)13-10(14)5-6-20-13/h2-6,8,17H,7H2,1H3. The Morgan fingerprint density at radius 1 is 1.29 bits per heavy atom. The highest BCUT2D eigenvalue weighted by Crippen LogP contribution is 2.27. The zero-order chi connectivity index (χ0) is 15.6. The summed E-state index contributed by atoms with van der Waals surface area (Å²) in [6, 6.07) is 4.55. The van der Waals surface area contributed by atoms with Crippen LogP contribution in [0.2, 0.25) is 0 Å². The molecule has 1 unspecified atom stereocenters. The first-order chi connectivity index (χ1) is 9.81. The summed E-state index contributed by atoms with van der Waals surface area (Å²) >= 11 is 4.22. The maximum absolute atomic E-state index is 13.6. The highest BCUT2D eigenvalue weighted by Gasteiger charge is 2.23. The van der Waals surface area contributed by atoms with E-state index >= 15 is 0 Å². The summed E-state index contributed by atoms with van der Waals surface area (Å²) in [5.41, 5.74) is -0.127. The summed E-state index contributed by atoms with van der Waals surface area (Å²) < 4.78 is 54.5. The maximum Gasteiger partial charge on any atom is 0.251 e. The van der Waals surface area contributed by atoms with Gasteiger partial charge < -0.3 is 0 Å². The molecule has 2 aromatic rings. The van der Waals surface area contributed by atoms with Crippen LogP contribution >= 0.6 is 27.3 Å². The van der Waals surface area contributed by atoms with Crippen molar-refractivity contribution in [2.75, 3.05) is 0 Å². The fourth-order valence-electron chi connectivity index (χ4n) is 1.87. The number of benzene rings is 1.